The van der Waals surface area contributed by atoms with E-state index >= 15 is 0 Å². The summed E-state index contributed by atoms with van der Waals surface area (Å²) in [6.07, 6.45) is 1.91. The van der Waals surface area contributed by atoms with Gasteiger partial charge in [-0.05, 0) is 19.9 Å². The minimum atomic E-state index is -1.06. The maximum atomic E-state index is 11.3. The van der Waals surface area contributed by atoms with Crippen LogP contribution in [0.1, 0.15) is 62.5 Å². The highest BCUT2D eigenvalue weighted by atomic mass is 16.4. The summed E-state index contributed by atoms with van der Waals surface area (Å²) in [5, 5.41) is 21.5. The molecule has 114 valence electrons. The van der Waals surface area contributed by atoms with Crippen LogP contribution in [-0.4, -0.2) is 35.9 Å². The molecule has 0 saturated heterocycles. The van der Waals surface area contributed by atoms with Crippen molar-refractivity contribution in [2.75, 3.05) is 0 Å². The lowest BCUT2D eigenvalue weighted by molar-refractivity contribution is 0.0687. The summed E-state index contributed by atoms with van der Waals surface area (Å²) in [6.45, 7) is 10.3. The molecule has 2 aromatic rings. The summed E-state index contributed by atoms with van der Waals surface area (Å²) < 4.78 is 3.48. The largest absolute Gasteiger partial charge is 0.476 e. The Hall–Kier alpha value is -2.18. The van der Waals surface area contributed by atoms with E-state index in [-0.39, 0.29) is 17.2 Å². The van der Waals surface area contributed by atoms with Crippen LogP contribution in [0.2, 0.25) is 0 Å². The number of carboxylic acids is 1. The molecule has 0 aromatic carbocycles. The van der Waals surface area contributed by atoms with Gasteiger partial charge in [-0.25, -0.2) is 9.48 Å². The summed E-state index contributed by atoms with van der Waals surface area (Å²) in [5.74, 6) is -1.06. The number of carbonyl (C=O) groups is 1. The highest BCUT2D eigenvalue weighted by Gasteiger charge is 2.29. The van der Waals surface area contributed by atoms with Gasteiger partial charge in [0.05, 0.1) is 17.9 Å². The van der Waals surface area contributed by atoms with Gasteiger partial charge in [0.25, 0.3) is 0 Å². The second kappa shape index (κ2) is 5.31. The van der Waals surface area contributed by atoms with E-state index in [4.69, 9.17) is 0 Å². The first-order valence-corrected chi connectivity index (χ1v) is 6.91. The van der Waals surface area contributed by atoms with E-state index in [9.17, 15) is 9.90 Å². The lowest BCUT2D eigenvalue weighted by Gasteiger charge is -2.20. The number of hydrogen-bond donors (Lipinski definition) is 1. The molecule has 2 heterocycles. The van der Waals surface area contributed by atoms with Crippen molar-refractivity contribution in [3.63, 3.8) is 0 Å². The molecule has 0 unspecified atom stereocenters. The van der Waals surface area contributed by atoms with Crippen molar-refractivity contribution in [3.05, 3.63) is 29.3 Å². The van der Waals surface area contributed by atoms with Crippen molar-refractivity contribution < 1.29 is 9.90 Å². The molecule has 1 N–H and O–H groups in total. The molecule has 0 amide bonds. The first-order chi connectivity index (χ1) is 9.70. The minimum absolute atomic E-state index is 0.00536. The summed E-state index contributed by atoms with van der Waals surface area (Å²) >= 11 is 0. The monoisotopic (exact) mass is 291 g/mol. The van der Waals surface area contributed by atoms with Gasteiger partial charge in [0.1, 0.15) is 0 Å². The molecule has 0 saturated carbocycles. The molecule has 0 spiro atoms. The summed E-state index contributed by atoms with van der Waals surface area (Å²) in [4.78, 5) is 11.3. The molecule has 0 fully saturated rings. The molecular weight excluding hydrogens is 270 g/mol. The highest BCUT2D eigenvalue weighted by molar-refractivity contribution is 5.86. The lowest BCUT2D eigenvalue weighted by Crippen LogP contribution is -2.22. The molecule has 0 bridgehead atoms. The van der Waals surface area contributed by atoms with Crippen LogP contribution >= 0.6 is 0 Å². The number of nitrogens with zero attached hydrogens (tertiary/aromatic N) is 5. The zero-order valence-corrected chi connectivity index (χ0v) is 13.0. The van der Waals surface area contributed by atoms with Crippen LogP contribution in [0.5, 0.6) is 0 Å². The van der Waals surface area contributed by atoms with Gasteiger partial charge in [0.15, 0.2) is 5.69 Å². The molecule has 0 aliphatic rings. The number of aromatic nitrogens is 5. The van der Waals surface area contributed by atoms with Crippen molar-refractivity contribution in [2.45, 2.75) is 52.6 Å². The summed E-state index contributed by atoms with van der Waals surface area (Å²) in [5.41, 5.74) is 1.08. The van der Waals surface area contributed by atoms with Crippen LogP contribution in [0.4, 0.5) is 0 Å². The molecule has 0 radical (unpaired) electrons. The lowest BCUT2D eigenvalue weighted by atomic mass is 9.90. The van der Waals surface area contributed by atoms with Gasteiger partial charge >= 0.3 is 5.97 Å². The quantitative estimate of drug-likeness (QED) is 0.932. The van der Waals surface area contributed by atoms with Crippen molar-refractivity contribution in [1.29, 1.82) is 0 Å². The molecule has 2 rings (SSSR count). The van der Waals surface area contributed by atoms with E-state index in [1.807, 2.05) is 37.7 Å². The number of carboxylic acid groups (broad SMARTS) is 1. The predicted octanol–water partition coefficient (Wildman–Crippen LogP) is 2.10. The Balaban J connectivity index is 2.37. The highest BCUT2D eigenvalue weighted by Crippen LogP contribution is 2.25. The fourth-order valence-electron chi connectivity index (χ4n) is 2.21. The second-order valence-electron chi connectivity index (χ2n) is 6.38. The first-order valence-electron chi connectivity index (χ1n) is 6.91. The molecule has 21 heavy (non-hydrogen) atoms. The standard InChI is InChI=1S/C14H21N5O2/c1-9(2)18-7-6-10(16-18)8-19-12(14(3,4)5)11(13(20)21)15-17-19/h6-7,9H,8H2,1-5H3,(H,20,21). The Labute approximate surface area is 123 Å². The van der Waals surface area contributed by atoms with Crippen LogP contribution in [0.25, 0.3) is 0 Å². The van der Waals surface area contributed by atoms with Crippen LogP contribution in [0, 0.1) is 0 Å². The van der Waals surface area contributed by atoms with Gasteiger partial charge in [-0.15, -0.1) is 5.10 Å². The zero-order chi connectivity index (χ0) is 15.8. The Morgan fingerprint density at radius 3 is 2.52 bits per heavy atom. The van der Waals surface area contributed by atoms with Crippen LogP contribution in [0.15, 0.2) is 12.3 Å². The molecule has 2 aromatic heterocycles. The van der Waals surface area contributed by atoms with E-state index in [2.05, 4.69) is 29.3 Å². The minimum Gasteiger partial charge on any atom is -0.476 e. The van der Waals surface area contributed by atoms with Gasteiger partial charge in [0.2, 0.25) is 0 Å². The number of aromatic carboxylic acids is 1. The normalized spacial score (nSPS) is 12.1. The van der Waals surface area contributed by atoms with Gasteiger partial charge in [-0.3, -0.25) is 4.68 Å². The third-order valence-corrected chi connectivity index (χ3v) is 3.15. The average molecular weight is 291 g/mol. The average Bonchev–Trinajstić information content (AvgIpc) is 2.94. The van der Waals surface area contributed by atoms with Crippen molar-refractivity contribution in [1.82, 2.24) is 24.8 Å². The maximum absolute atomic E-state index is 11.3. The summed E-state index contributed by atoms with van der Waals surface area (Å²) in [6, 6.07) is 2.19. The third-order valence-electron chi connectivity index (χ3n) is 3.15. The predicted molar refractivity (Wildman–Crippen MR) is 77.4 cm³/mol. The van der Waals surface area contributed by atoms with Crippen molar-refractivity contribution in [2.24, 2.45) is 0 Å². The molecule has 0 aliphatic carbocycles. The van der Waals surface area contributed by atoms with Crippen LogP contribution < -0.4 is 0 Å². The SMILES string of the molecule is CC(C)n1ccc(Cn2nnc(C(=O)O)c2C(C)(C)C)n1. The van der Waals surface area contributed by atoms with E-state index in [0.29, 0.717) is 12.2 Å². The van der Waals surface area contributed by atoms with Gasteiger partial charge in [-0.1, -0.05) is 26.0 Å². The zero-order valence-electron chi connectivity index (χ0n) is 13.0. The maximum Gasteiger partial charge on any atom is 0.358 e. The molecule has 0 aliphatic heterocycles. The third kappa shape index (κ3) is 3.12. The van der Waals surface area contributed by atoms with E-state index < -0.39 is 5.97 Å². The molecular formula is C14H21N5O2. The van der Waals surface area contributed by atoms with E-state index in [1.54, 1.807) is 4.68 Å². The Bertz CT molecular complexity index is 649. The summed E-state index contributed by atoms with van der Waals surface area (Å²) in [7, 11) is 0. The van der Waals surface area contributed by atoms with Gasteiger partial charge in [0, 0.05) is 17.7 Å². The fraction of sp³-hybridized carbons (Fsp3) is 0.571. The molecule has 0 atom stereocenters. The Morgan fingerprint density at radius 2 is 2.05 bits per heavy atom. The number of hydrogen-bond acceptors (Lipinski definition) is 4. The van der Waals surface area contributed by atoms with Crippen molar-refractivity contribution in [3.8, 4) is 0 Å². The van der Waals surface area contributed by atoms with Gasteiger partial charge < -0.3 is 5.11 Å². The topological polar surface area (TPSA) is 85.8 Å². The first kappa shape index (κ1) is 15.2. The van der Waals surface area contributed by atoms with Gasteiger partial charge in [-0.2, -0.15) is 5.10 Å². The smallest absolute Gasteiger partial charge is 0.358 e. The van der Waals surface area contributed by atoms with E-state index in [0.717, 1.165) is 5.69 Å². The fourth-order valence-corrected chi connectivity index (χ4v) is 2.21. The second-order valence-corrected chi connectivity index (χ2v) is 6.38. The number of rotatable bonds is 4. The van der Waals surface area contributed by atoms with Crippen LogP contribution in [0.3, 0.4) is 0 Å². The van der Waals surface area contributed by atoms with Crippen LogP contribution in [-0.2, 0) is 12.0 Å². The molecule has 7 nitrogen and oxygen atoms in total. The van der Waals surface area contributed by atoms with Crippen molar-refractivity contribution >= 4 is 5.97 Å². The van der Waals surface area contributed by atoms with E-state index in [1.165, 1.54) is 0 Å². The molecule has 7 heteroatoms. The Kier molecular flexibility index (Phi) is 3.85. The Morgan fingerprint density at radius 1 is 1.38 bits per heavy atom.